The number of aliphatic imine (C=N–C) groups is 1. The van der Waals surface area contributed by atoms with Gasteiger partial charge in [0.15, 0.2) is 6.04 Å². The first-order valence-corrected chi connectivity index (χ1v) is 9.86. The van der Waals surface area contributed by atoms with E-state index in [1.54, 1.807) is 12.3 Å². The summed E-state index contributed by atoms with van der Waals surface area (Å²) in [4.78, 5) is 35.9. The average Bonchev–Trinajstić information content (AvgIpc) is 3.12. The summed E-state index contributed by atoms with van der Waals surface area (Å²) in [5.41, 5.74) is 1.20. The van der Waals surface area contributed by atoms with Crippen molar-refractivity contribution in [2.75, 3.05) is 4.90 Å². The number of nitrogens with one attached hydrogen (secondary N) is 1. The molecule has 1 N–H and O–H groups in total. The summed E-state index contributed by atoms with van der Waals surface area (Å²) < 4.78 is 0. The monoisotopic (exact) mass is 408 g/mol. The van der Waals surface area contributed by atoms with E-state index < -0.39 is 17.4 Å². The lowest BCUT2D eigenvalue weighted by molar-refractivity contribution is -0.119. The lowest BCUT2D eigenvalue weighted by Gasteiger charge is -2.32. The first kappa shape index (κ1) is 17.2. The van der Waals surface area contributed by atoms with Crippen LogP contribution in [0.3, 0.4) is 0 Å². The lowest BCUT2D eigenvalue weighted by Crippen LogP contribution is -2.60. The number of halogens is 1. The first-order chi connectivity index (χ1) is 13.6. The number of carbonyl (C=O) groups is 2. The Morgan fingerprint density at radius 3 is 2.68 bits per heavy atom. The maximum atomic E-state index is 13.2. The van der Waals surface area contributed by atoms with Gasteiger partial charge in [0.05, 0.1) is 16.9 Å². The Morgan fingerprint density at radius 1 is 1.04 bits per heavy atom. The van der Waals surface area contributed by atoms with E-state index in [2.05, 4.69) is 15.3 Å². The van der Waals surface area contributed by atoms with E-state index in [4.69, 9.17) is 11.6 Å². The topological polar surface area (TPSA) is 74.7 Å². The minimum absolute atomic E-state index is 0.374. The van der Waals surface area contributed by atoms with E-state index in [0.717, 1.165) is 21.2 Å². The van der Waals surface area contributed by atoms with Crippen LogP contribution < -0.4 is 10.2 Å². The Morgan fingerprint density at radius 2 is 1.82 bits per heavy atom. The molecule has 3 heterocycles. The summed E-state index contributed by atoms with van der Waals surface area (Å²) in [6.45, 7) is 0. The Labute approximate surface area is 169 Å². The van der Waals surface area contributed by atoms with Crippen LogP contribution >= 0.6 is 23.4 Å². The molecule has 3 aromatic rings. The maximum Gasteiger partial charge on any atom is 0.329 e. The molecule has 0 radical (unpaired) electrons. The van der Waals surface area contributed by atoms with Gasteiger partial charge in [0.2, 0.25) is 0 Å². The van der Waals surface area contributed by atoms with E-state index >= 15 is 0 Å². The van der Waals surface area contributed by atoms with Crippen LogP contribution in [-0.2, 0) is 4.79 Å². The largest absolute Gasteiger partial charge is 0.329 e. The van der Waals surface area contributed by atoms with E-state index in [0.29, 0.717) is 15.8 Å². The fraction of sp³-hybridized carbons (Fsp3) is 0.100. The highest BCUT2D eigenvalue weighted by Gasteiger charge is 2.46. The molecule has 2 atom stereocenters. The number of amides is 3. The first-order valence-electron chi connectivity index (χ1n) is 8.60. The molecule has 2 aromatic carbocycles. The van der Waals surface area contributed by atoms with Gasteiger partial charge in [-0.05, 0) is 6.07 Å². The predicted molar refractivity (Wildman–Crippen MR) is 111 cm³/mol. The summed E-state index contributed by atoms with van der Waals surface area (Å²) in [5.74, 6) is -0.374. The van der Waals surface area contributed by atoms with Crippen LogP contribution in [0.2, 0.25) is 5.02 Å². The van der Waals surface area contributed by atoms with Crippen LogP contribution in [0.5, 0.6) is 0 Å². The molecule has 138 valence electrons. The van der Waals surface area contributed by atoms with Crippen LogP contribution in [0.4, 0.5) is 10.5 Å². The zero-order chi connectivity index (χ0) is 19.3. The molecule has 28 heavy (non-hydrogen) atoms. The molecule has 0 saturated carbocycles. The van der Waals surface area contributed by atoms with Crippen LogP contribution in [0.25, 0.3) is 10.8 Å². The van der Waals surface area contributed by atoms with E-state index in [9.17, 15) is 9.59 Å². The highest BCUT2D eigenvalue weighted by atomic mass is 35.5. The fourth-order valence-corrected chi connectivity index (χ4v) is 4.86. The molecule has 0 aliphatic carbocycles. The van der Waals surface area contributed by atoms with Crippen molar-refractivity contribution in [1.29, 1.82) is 0 Å². The summed E-state index contributed by atoms with van der Waals surface area (Å²) in [6, 6.07) is 13.6. The molecule has 1 aromatic heterocycles. The Balaban J connectivity index is 1.56. The zero-order valence-electron chi connectivity index (χ0n) is 14.4. The van der Waals surface area contributed by atoms with Crippen LogP contribution in [-0.4, -0.2) is 33.4 Å². The van der Waals surface area contributed by atoms with Crippen molar-refractivity contribution in [3.63, 3.8) is 0 Å². The van der Waals surface area contributed by atoms with Gasteiger partial charge < -0.3 is 5.32 Å². The second kappa shape index (κ2) is 6.61. The molecular weight excluding hydrogens is 396 g/mol. The second-order valence-corrected chi connectivity index (χ2v) is 7.94. The number of benzene rings is 2. The third kappa shape index (κ3) is 2.66. The number of pyridine rings is 1. The van der Waals surface area contributed by atoms with E-state index in [1.807, 2.05) is 42.5 Å². The fourth-order valence-electron chi connectivity index (χ4n) is 3.40. The molecular formula is C20H13ClN4O2S. The van der Waals surface area contributed by atoms with Crippen molar-refractivity contribution in [2.24, 2.45) is 4.99 Å². The predicted octanol–water partition coefficient (Wildman–Crippen LogP) is 3.83. The van der Waals surface area contributed by atoms with Crippen LogP contribution in [0.15, 0.2) is 65.9 Å². The third-order valence-electron chi connectivity index (χ3n) is 4.72. The number of rotatable bonds is 2. The number of hydrogen-bond acceptors (Lipinski definition) is 5. The zero-order valence-corrected chi connectivity index (χ0v) is 15.9. The SMILES string of the molecule is O=C1NC2SC(c3ccccc3Cl)=NC2C(=O)N1c1cncc2ccccc12. The molecule has 8 heteroatoms. The maximum absolute atomic E-state index is 13.2. The smallest absolute Gasteiger partial charge is 0.322 e. The van der Waals surface area contributed by atoms with Gasteiger partial charge in [-0.15, -0.1) is 0 Å². The summed E-state index contributed by atoms with van der Waals surface area (Å²) in [7, 11) is 0. The van der Waals surface area contributed by atoms with Gasteiger partial charge in [-0.1, -0.05) is 65.8 Å². The molecule has 5 rings (SSSR count). The second-order valence-electron chi connectivity index (χ2n) is 6.40. The Bertz CT molecular complexity index is 1160. The summed E-state index contributed by atoms with van der Waals surface area (Å²) >= 11 is 7.61. The summed E-state index contributed by atoms with van der Waals surface area (Å²) in [5, 5.41) is 5.26. The van der Waals surface area contributed by atoms with Crippen molar-refractivity contribution >= 4 is 56.8 Å². The van der Waals surface area contributed by atoms with Gasteiger partial charge in [-0.25, -0.2) is 9.69 Å². The van der Waals surface area contributed by atoms with E-state index in [-0.39, 0.29) is 5.91 Å². The molecule has 2 aliphatic rings. The van der Waals surface area contributed by atoms with Gasteiger partial charge in [-0.3, -0.25) is 14.8 Å². The standard InChI is InChI=1S/C20H13ClN4O2S/c21-14-8-4-3-7-13(14)17-23-16-18(28-17)24-20(27)25(19(16)26)15-10-22-9-11-5-1-2-6-12(11)15/h1-10,16,18H,(H,24,27). The van der Waals surface area contributed by atoms with Crippen molar-refractivity contribution in [3.05, 3.63) is 71.5 Å². The van der Waals surface area contributed by atoms with Crippen molar-refractivity contribution < 1.29 is 9.59 Å². The molecule has 1 saturated heterocycles. The molecule has 0 spiro atoms. The molecule has 2 unspecified atom stereocenters. The number of hydrogen-bond donors (Lipinski definition) is 1. The highest BCUT2D eigenvalue weighted by Crippen LogP contribution is 2.36. The summed E-state index contributed by atoms with van der Waals surface area (Å²) in [6.07, 6.45) is 3.23. The average molecular weight is 409 g/mol. The number of aromatic nitrogens is 1. The number of carbonyl (C=O) groups excluding carboxylic acids is 2. The minimum Gasteiger partial charge on any atom is -0.322 e. The van der Waals surface area contributed by atoms with Gasteiger partial charge in [0.25, 0.3) is 5.91 Å². The molecule has 0 bridgehead atoms. The number of urea groups is 1. The van der Waals surface area contributed by atoms with Gasteiger partial charge in [0, 0.05) is 22.5 Å². The quantitative estimate of drug-likeness (QED) is 0.699. The molecule has 1 fully saturated rings. The number of thioether (sulfide) groups is 1. The number of fused-ring (bicyclic) bond motifs is 2. The Hall–Kier alpha value is -2.90. The minimum atomic E-state index is -0.715. The molecule has 3 amide bonds. The molecule has 6 nitrogen and oxygen atoms in total. The number of anilines is 1. The normalized spacial score (nSPS) is 21.5. The molecule has 2 aliphatic heterocycles. The Kier molecular flexibility index (Phi) is 4.07. The van der Waals surface area contributed by atoms with Gasteiger partial charge >= 0.3 is 6.03 Å². The van der Waals surface area contributed by atoms with Crippen molar-refractivity contribution in [2.45, 2.75) is 11.4 Å². The highest BCUT2D eigenvalue weighted by molar-refractivity contribution is 8.15. The van der Waals surface area contributed by atoms with Gasteiger partial charge in [0.1, 0.15) is 10.4 Å². The van der Waals surface area contributed by atoms with Crippen molar-refractivity contribution in [3.8, 4) is 0 Å². The van der Waals surface area contributed by atoms with E-state index in [1.165, 1.54) is 18.0 Å². The lowest BCUT2D eigenvalue weighted by atomic mass is 10.1. The number of imide groups is 1. The van der Waals surface area contributed by atoms with Gasteiger partial charge in [-0.2, -0.15) is 0 Å². The van der Waals surface area contributed by atoms with Crippen molar-refractivity contribution in [1.82, 2.24) is 10.3 Å². The third-order valence-corrected chi connectivity index (χ3v) is 6.22. The number of nitrogens with zero attached hydrogens (tertiary/aromatic N) is 3. The van der Waals surface area contributed by atoms with Crippen LogP contribution in [0.1, 0.15) is 5.56 Å². The van der Waals surface area contributed by atoms with Crippen LogP contribution in [0, 0.1) is 0 Å².